The Morgan fingerprint density at radius 2 is 1.70 bits per heavy atom. The minimum absolute atomic E-state index is 0.00379. The second-order valence-electron chi connectivity index (χ2n) is 4.16. The highest BCUT2D eigenvalue weighted by Crippen LogP contribution is 2.16. The summed E-state index contributed by atoms with van der Waals surface area (Å²) in [6.45, 7) is 0. The molecule has 0 bridgehead atoms. The molecule has 0 spiro atoms. The van der Waals surface area contributed by atoms with Crippen LogP contribution in [0.25, 0.3) is 0 Å². The van der Waals surface area contributed by atoms with Crippen LogP contribution in [0.4, 0.5) is 11.4 Å². The molecule has 0 unspecified atom stereocenters. The molecular formula is C14H11BrN2O3. The topological polar surface area (TPSA) is 72.2 Å². The molecule has 2 rings (SSSR count). The van der Waals surface area contributed by atoms with Crippen molar-refractivity contribution >= 4 is 33.2 Å². The summed E-state index contributed by atoms with van der Waals surface area (Å²) in [6.07, 6.45) is 0.254. The number of rotatable bonds is 4. The molecule has 0 heterocycles. The van der Waals surface area contributed by atoms with Gasteiger partial charge < -0.3 is 5.32 Å². The zero-order chi connectivity index (χ0) is 14.5. The zero-order valence-electron chi connectivity index (χ0n) is 10.4. The van der Waals surface area contributed by atoms with Gasteiger partial charge in [0.05, 0.1) is 11.3 Å². The number of halogens is 1. The predicted octanol–water partition coefficient (Wildman–Crippen LogP) is 3.54. The average molecular weight is 335 g/mol. The van der Waals surface area contributed by atoms with Crippen LogP contribution in [0.2, 0.25) is 0 Å². The lowest BCUT2D eigenvalue weighted by atomic mass is 10.1. The Hall–Kier alpha value is -2.21. The first-order valence-electron chi connectivity index (χ1n) is 5.83. The first-order valence-corrected chi connectivity index (χ1v) is 6.62. The third-order valence-electron chi connectivity index (χ3n) is 2.64. The highest BCUT2D eigenvalue weighted by molar-refractivity contribution is 9.10. The molecule has 20 heavy (non-hydrogen) atoms. The first-order chi connectivity index (χ1) is 9.54. The van der Waals surface area contributed by atoms with Gasteiger partial charge in [-0.2, -0.15) is 0 Å². The lowest BCUT2D eigenvalue weighted by Gasteiger charge is -2.05. The van der Waals surface area contributed by atoms with Crippen molar-refractivity contribution in [2.75, 3.05) is 5.32 Å². The molecular weight excluding hydrogens is 324 g/mol. The summed E-state index contributed by atoms with van der Waals surface area (Å²) in [5.41, 5.74) is 1.43. The second kappa shape index (κ2) is 6.29. The molecule has 0 fully saturated rings. The number of anilines is 1. The summed E-state index contributed by atoms with van der Waals surface area (Å²) in [7, 11) is 0. The Morgan fingerprint density at radius 3 is 2.25 bits per heavy atom. The van der Waals surface area contributed by atoms with Gasteiger partial charge >= 0.3 is 0 Å². The predicted molar refractivity (Wildman–Crippen MR) is 79.6 cm³/mol. The second-order valence-corrected chi connectivity index (χ2v) is 5.07. The number of amides is 1. The van der Waals surface area contributed by atoms with Gasteiger partial charge in [-0.05, 0) is 29.8 Å². The lowest BCUT2D eigenvalue weighted by Crippen LogP contribution is -2.14. The van der Waals surface area contributed by atoms with Crippen LogP contribution in [0.1, 0.15) is 5.56 Å². The van der Waals surface area contributed by atoms with Crippen LogP contribution in [0.5, 0.6) is 0 Å². The van der Waals surface area contributed by atoms with Gasteiger partial charge in [0.1, 0.15) is 0 Å². The molecule has 0 aliphatic rings. The third kappa shape index (κ3) is 3.89. The minimum Gasteiger partial charge on any atom is -0.326 e. The van der Waals surface area contributed by atoms with Gasteiger partial charge in [-0.1, -0.05) is 28.1 Å². The SMILES string of the molecule is O=C(Cc1ccc(Br)cc1)Nc1ccc([N+](=O)[O-])cc1. The number of nitrogens with zero attached hydrogens (tertiary/aromatic N) is 1. The van der Waals surface area contributed by atoms with E-state index in [1.807, 2.05) is 24.3 Å². The van der Waals surface area contributed by atoms with Crippen molar-refractivity contribution in [2.45, 2.75) is 6.42 Å². The van der Waals surface area contributed by atoms with Gasteiger partial charge in [0.2, 0.25) is 5.91 Å². The van der Waals surface area contributed by atoms with E-state index in [0.29, 0.717) is 5.69 Å². The average Bonchev–Trinajstić information content (AvgIpc) is 2.42. The molecule has 0 aromatic heterocycles. The maximum Gasteiger partial charge on any atom is 0.269 e. The third-order valence-corrected chi connectivity index (χ3v) is 3.17. The molecule has 0 aliphatic heterocycles. The number of carbonyl (C=O) groups is 1. The first kappa shape index (κ1) is 14.2. The van der Waals surface area contributed by atoms with Crippen LogP contribution in [-0.2, 0) is 11.2 Å². The van der Waals surface area contributed by atoms with Gasteiger partial charge in [-0.3, -0.25) is 14.9 Å². The smallest absolute Gasteiger partial charge is 0.269 e. The van der Waals surface area contributed by atoms with Crippen molar-refractivity contribution in [1.82, 2.24) is 0 Å². The van der Waals surface area contributed by atoms with Crippen LogP contribution in [0, 0.1) is 10.1 Å². The highest BCUT2D eigenvalue weighted by atomic mass is 79.9. The van der Waals surface area contributed by atoms with Gasteiger partial charge in [0, 0.05) is 22.3 Å². The monoisotopic (exact) mass is 334 g/mol. The number of nitrogens with one attached hydrogen (secondary N) is 1. The fourth-order valence-corrected chi connectivity index (χ4v) is 1.92. The summed E-state index contributed by atoms with van der Waals surface area (Å²) in [4.78, 5) is 21.9. The molecule has 0 atom stereocenters. The number of benzene rings is 2. The van der Waals surface area contributed by atoms with Crippen molar-refractivity contribution in [3.63, 3.8) is 0 Å². The van der Waals surface area contributed by atoms with E-state index in [0.717, 1.165) is 10.0 Å². The van der Waals surface area contributed by atoms with Gasteiger partial charge in [0.25, 0.3) is 5.69 Å². The molecule has 5 nitrogen and oxygen atoms in total. The van der Waals surface area contributed by atoms with E-state index in [2.05, 4.69) is 21.2 Å². The van der Waals surface area contributed by atoms with E-state index in [1.165, 1.54) is 24.3 Å². The Kier molecular flexibility index (Phi) is 4.47. The molecule has 2 aromatic rings. The van der Waals surface area contributed by atoms with Crippen molar-refractivity contribution < 1.29 is 9.72 Å². The lowest BCUT2D eigenvalue weighted by molar-refractivity contribution is -0.384. The van der Waals surface area contributed by atoms with E-state index in [1.54, 1.807) is 0 Å². The standard InChI is InChI=1S/C14H11BrN2O3/c15-11-3-1-10(2-4-11)9-14(18)16-12-5-7-13(8-6-12)17(19)20/h1-8H,9H2,(H,16,18). The molecule has 0 radical (unpaired) electrons. The van der Waals surface area contributed by atoms with E-state index < -0.39 is 4.92 Å². The van der Waals surface area contributed by atoms with Gasteiger partial charge in [0.15, 0.2) is 0 Å². The summed E-state index contributed by atoms with van der Waals surface area (Å²) < 4.78 is 0.956. The molecule has 0 saturated heterocycles. The fraction of sp³-hybridized carbons (Fsp3) is 0.0714. The van der Waals surface area contributed by atoms with Crippen LogP contribution in [0.15, 0.2) is 53.0 Å². The maximum absolute atomic E-state index is 11.8. The van der Waals surface area contributed by atoms with E-state index in [4.69, 9.17) is 0 Å². The van der Waals surface area contributed by atoms with Crippen molar-refractivity contribution in [3.8, 4) is 0 Å². The van der Waals surface area contributed by atoms with Crippen LogP contribution in [-0.4, -0.2) is 10.8 Å². The number of nitro groups is 1. The molecule has 0 aliphatic carbocycles. The number of nitro benzene ring substituents is 1. The molecule has 0 saturated carbocycles. The van der Waals surface area contributed by atoms with Crippen LogP contribution >= 0.6 is 15.9 Å². The van der Waals surface area contributed by atoms with E-state index in [9.17, 15) is 14.9 Å². The summed E-state index contributed by atoms with van der Waals surface area (Å²) in [5.74, 6) is -0.166. The zero-order valence-corrected chi connectivity index (χ0v) is 12.0. The van der Waals surface area contributed by atoms with Gasteiger partial charge in [-0.15, -0.1) is 0 Å². The largest absolute Gasteiger partial charge is 0.326 e. The maximum atomic E-state index is 11.8. The number of hydrogen-bond acceptors (Lipinski definition) is 3. The molecule has 6 heteroatoms. The van der Waals surface area contributed by atoms with Crippen LogP contribution in [0.3, 0.4) is 0 Å². The summed E-state index contributed by atoms with van der Waals surface area (Å²) in [6, 6.07) is 13.2. The number of carbonyl (C=O) groups excluding carboxylic acids is 1. The van der Waals surface area contributed by atoms with Crippen molar-refractivity contribution in [3.05, 3.63) is 68.7 Å². The summed E-state index contributed by atoms with van der Waals surface area (Å²) >= 11 is 3.33. The molecule has 2 aromatic carbocycles. The molecule has 1 N–H and O–H groups in total. The van der Waals surface area contributed by atoms with Crippen molar-refractivity contribution in [1.29, 1.82) is 0 Å². The molecule has 102 valence electrons. The quantitative estimate of drug-likeness (QED) is 0.686. The van der Waals surface area contributed by atoms with E-state index in [-0.39, 0.29) is 18.0 Å². The Labute approximate surface area is 123 Å². The summed E-state index contributed by atoms with van der Waals surface area (Å²) in [5, 5.41) is 13.2. The Morgan fingerprint density at radius 1 is 1.10 bits per heavy atom. The number of non-ortho nitro benzene ring substituents is 1. The highest BCUT2D eigenvalue weighted by Gasteiger charge is 2.07. The minimum atomic E-state index is -0.479. The molecule has 1 amide bonds. The number of hydrogen-bond donors (Lipinski definition) is 1. The normalized spacial score (nSPS) is 10.1. The van der Waals surface area contributed by atoms with Crippen LogP contribution < -0.4 is 5.32 Å². The van der Waals surface area contributed by atoms with Crippen molar-refractivity contribution in [2.24, 2.45) is 0 Å². The van der Waals surface area contributed by atoms with Gasteiger partial charge in [-0.25, -0.2) is 0 Å². The fourth-order valence-electron chi connectivity index (χ4n) is 1.66. The Bertz CT molecular complexity index is 624. The van der Waals surface area contributed by atoms with E-state index >= 15 is 0 Å². The Balaban J connectivity index is 1.97.